The predicted molar refractivity (Wildman–Crippen MR) is 62.0 cm³/mol. The van der Waals surface area contributed by atoms with Gasteiger partial charge in [-0.05, 0) is 20.3 Å². The van der Waals surface area contributed by atoms with Gasteiger partial charge >= 0.3 is 0 Å². The van der Waals surface area contributed by atoms with Crippen molar-refractivity contribution in [3.8, 4) is 0 Å². The minimum atomic E-state index is 0.123. The van der Waals surface area contributed by atoms with Crippen LogP contribution in [0.15, 0.2) is 6.07 Å². The molecule has 0 spiro atoms. The topological polar surface area (TPSA) is 50.1 Å². The molecule has 0 radical (unpaired) electrons. The van der Waals surface area contributed by atoms with Crippen LogP contribution in [-0.4, -0.2) is 27.5 Å². The van der Waals surface area contributed by atoms with Gasteiger partial charge in [0.05, 0.1) is 18.8 Å². The van der Waals surface area contributed by atoms with Gasteiger partial charge in [-0.2, -0.15) is 5.10 Å². The first-order valence-electron chi connectivity index (χ1n) is 5.59. The number of aliphatic hydroxyl groups is 1. The van der Waals surface area contributed by atoms with Crippen LogP contribution in [0.3, 0.4) is 0 Å². The highest BCUT2D eigenvalue weighted by Crippen LogP contribution is 2.12. The van der Waals surface area contributed by atoms with Crippen molar-refractivity contribution in [1.29, 1.82) is 0 Å². The molecular weight excluding hydrogens is 190 g/mol. The standard InChI is InChI=1S/C11H21N3O/c1-4-5-9(2)12-11-8-10(3)13-14(11)6-7-15/h8-9,12,15H,4-7H2,1-3H3. The number of aliphatic hydroxyl groups excluding tert-OH is 1. The lowest BCUT2D eigenvalue weighted by Gasteiger charge is -2.14. The molecule has 4 nitrogen and oxygen atoms in total. The van der Waals surface area contributed by atoms with Crippen molar-refractivity contribution in [1.82, 2.24) is 9.78 Å². The molecule has 0 aliphatic rings. The molecule has 0 aromatic carbocycles. The van der Waals surface area contributed by atoms with Crippen LogP contribution in [0.25, 0.3) is 0 Å². The highest BCUT2D eigenvalue weighted by Gasteiger charge is 2.07. The van der Waals surface area contributed by atoms with Gasteiger partial charge in [-0.3, -0.25) is 0 Å². The Morgan fingerprint density at radius 3 is 2.93 bits per heavy atom. The van der Waals surface area contributed by atoms with Crippen LogP contribution in [0.5, 0.6) is 0 Å². The van der Waals surface area contributed by atoms with Crippen LogP contribution in [-0.2, 0) is 6.54 Å². The fourth-order valence-corrected chi connectivity index (χ4v) is 1.68. The molecule has 0 saturated carbocycles. The molecule has 1 aromatic heterocycles. The Bertz CT molecular complexity index is 296. The summed E-state index contributed by atoms with van der Waals surface area (Å²) < 4.78 is 1.82. The van der Waals surface area contributed by atoms with E-state index < -0.39 is 0 Å². The number of anilines is 1. The van der Waals surface area contributed by atoms with E-state index in [1.165, 1.54) is 6.42 Å². The second kappa shape index (κ2) is 5.75. The Balaban J connectivity index is 2.65. The molecule has 1 unspecified atom stereocenters. The molecule has 2 N–H and O–H groups in total. The zero-order valence-corrected chi connectivity index (χ0v) is 9.82. The van der Waals surface area contributed by atoms with Crippen molar-refractivity contribution in [3.63, 3.8) is 0 Å². The van der Waals surface area contributed by atoms with Crippen LogP contribution < -0.4 is 5.32 Å². The molecule has 0 aliphatic heterocycles. The maximum atomic E-state index is 8.90. The van der Waals surface area contributed by atoms with Crippen LogP contribution in [0.1, 0.15) is 32.4 Å². The molecule has 0 aliphatic carbocycles. The lowest BCUT2D eigenvalue weighted by molar-refractivity contribution is 0.270. The number of aryl methyl sites for hydroxylation is 1. The van der Waals surface area contributed by atoms with Crippen molar-refractivity contribution in [2.75, 3.05) is 11.9 Å². The van der Waals surface area contributed by atoms with E-state index in [0.29, 0.717) is 12.6 Å². The van der Waals surface area contributed by atoms with E-state index in [1.54, 1.807) is 0 Å². The number of nitrogens with zero attached hydrogens (tertiary/aromatic N) is 2. The summed E-state index contributed by atoms with van der Waals surface area (Å²) in [4.78, 5) is 0. The summed E-state index contributed by atoms with van der Waals surface area (Å²) in [6.45, 7) is 6.97. The van der Waals surface area contributed by atoms with E-state index in [-0.39, 0.29) is 6.61 Å². The first-order valence-corrected chi connectivity index (χ1v) is 5.59. The minimum Gasteiger partial charge on any atom is -0.394 e. The molecule has 0 amide bonds. The number of hydrogen-bond acceptors (Lipinski definition) is 3. The van der Waals surface area contributed by atoms with E-state index in [1.807, 2.05) is 17.7 Å². The van der Waals surface area contributed by atoms with Gasteiger partial charge in [-0.25, -0.2) is 4.68 Å². The Labute approximate surface area is 91.3 Å². The first kappa shape index (κ1) is 12.0. The molecule has 15 heavy (non-hydrogen) atoms. The zero-order valence-electron chi connectivity index (χ0n) is 9.82. The largest absolute Gasteiger partial charge is 0.394 e. The molecule has 0 saturated heterocycles. The second-order valence-corrected chi connectivity index (χ2v) is 3.95. The number of nitrogens with one attached hydrogen (secondary N) is 1. The van der Waals surface area contributed by atoms with Gasteiger partial charge in [0, 0.05) is 12.1 Å². The van der Waals surface area contributed by atoms with E-state index in [9.17, 15) is 0 Å². The molecule has 4 heteroatoms. The third kappa shape index (κ3) is 3.55. The summed E-state index contributed by atoms with van der Waals surface area (Å²) in [6.07, 6.45) is 2.31. The molecule has 1 atom stereocenters. The summed E-state index contributed by atoms with van der Waals surface area (Å²) in [5.41, 5.74) is 0.981. The van der Waals surface area contributed by atoms with Crippen LogP contribution >= 0.6 is 0 Å². The minimum absolute atomic E-state index is 0.123. The number of hydrogen-bond donors (Lipinski definition) is 2. The Morgan fingerprint density at radius 1 is 1.60 bits per heavy atom. The van der Waals surface area contributed by atoms with E-state index in [0.717, 1.165) is 17.9 Å². The maximum absolute atomic E-state index is 8.90. The third-order valence-corrected chi connectivity index (χ3v) is 2.33. The molecule has 1 rings (SSSR count). The number of rotatable bonds is 6. The lowest BCUT2D eigenvalue weighted by Crippen LogP contribution is -2.18. The maximum Gasteiger partial charge on any atom is 0.124 e. The third-order valence-electron chi connectivity index (χ3n) is 2.33. The number of aromatic nitrogens is 2. The van der Waals surface area contributed by atoms with Crippen LogP contribution in [0.2, 0.25) is 0 Å². The fourth-order valence-electron chi connectivity index (χ4n) is 1.68. The average molecular weight is 211 g/mol. The molecule has 86 valence electrons. The molecule has 0 fully saturated rings. The van der Waals surface area contributed by atoms with Crippen molar-refractivity contribution < 1.29 is 5.11 Å². The predicted octanol–water partition coefficient (Wildman–Crippen LogP) is 1.78. The SMILES string of the molecule is CCCC(C)Nc1cc(C)nn1CCO. The second-order valence-electron chi connectivity index (χ2n) is 3.95. The smallest absolute Gasteiger partial charge is 0.124 e. The average Bonchev–Trinajstić information content (AvgIpc) is 2.47. The Morgan fingerprint density at radius 2 is 2.33 bits per heavy atom. The van der Waals surface area contributed by atoms with E-state index >= 15 is 0 Å². The summed E-state index contributed by atoms with van der Waals surface area (Å²) in [5, 5.41) is 16.6. The van der Waals surface area contributed by atoms with Crippen LogP contribution in [0, 0.1) is 6.92 Å². The Kier molecular flexibility index (Phi) is 4.62. The van der Waals surface area contributed by atoms with Crippen molar-refractivity contribution >= 4 is 5.82 Å². The molecule has 0 bridgehead atoms. The van der Waals surface area contributed by atoms with Crippen molar-refractivity contribution in [2.24, 2.45) is 0 Å². The fraction of sp³-hybridized carbons (Fsp3) is 0.727. The van der Waals surface area contributed by atoms with Crippen LogP contribution in [0.4, 0.5) is 5.82 Å². The van der Waals surface area contributed by atoms with Gasteiger partial charge in [-0.1, -0.05) is 13.3 Å². The van der Waals surface area contributed by atoms with Crippen molar-refractivity contribution in [3.05, 3.63) is 11.8 Å². The normalized spacial score (nSPS) is 12.8. The summed E-state index contributed by atoms with van der Waals surface area (Å²) in [7, 11) is 0. The lowest BCUT2D eigenvalue weighted by atomic mass is 10.2. The highest BCUT2D eigenvalue weighted by molar-refractivity contribution is 5.37. The van der Waals surface area contributed by atoms with E-state index in [4.69, 9.17) is 5.11 Å². The van der Waals surface area contributed by atoms with Gasteiger partial charge < -0.3 is 10.4 Å². The Hall–Kier alpha value is -1.03. The van der Waals surface area contributed by atoms with Gasteiger partial charge in [0.2, 0.25) is 0 Å². The van der Waals surface area contributed by atoms with Gasteiger partial charge in [0.25, 0.3) is 0 Å². The quantitative estimate of drug-likeness (QED) is 0.754. The zero-order chi connectivity index (χ0) is 11.3. The molecule has 1 heterocycles. The molecular formula is C11H21N3O. The van der Waals surface area contributed by atoms with Crippen molar-refractivity contribution in [2.45, 2.75) is 46.2 Å². The molecule has 1 aromatic rings. The van der Waals surface area contributed by atoms with Gasteiger partial charge in [0.15, 0.2) is 0 Å². The summed E-state index contributed by atoms with van der Waals surface area (Å²) >= 11 is 0. The monoisotopic (exact) mass is 211 g/mol. The van der Waals surface area contributed by atoms with E-state index in [2.05, 4.69) is 24.3 Å². The summed E-state index contributed by atoms with van der Waals surface area (Å²) in [5.74, 6) is 1.00. The first-order chi connectivity index (χ1) is 7.17. The van der Waals surface area contributed by atoms with Gasteiger partial charge in [0.1, 0.15) is 5.82 Å². The highest BCUT2D eigenvalue weighted by atomic mass is 16.3. The summed E-state index contributed by atoms with van der Waals surface area (Å²) in [6, 6.07) is 2.46. The van der Waals surface area contributed by atoms with Gasteiger partial charge in [-0.15, -0.1) is 0 Å².